The van der Waals surface area contributed by atoms with Crippen LogP contribution in [0.4, 0.5) is 4.79 Å². The quantitative estimate of drug-likeness (QED) is 0.529. The van der Waals surface area contributed by atoms with Gasteiger partial charge in [-0.2, -0.15) is 0 Å². The second kappa shape index (κ2) is 10.8. The van der Waals surface area contributed by atoms with Gasteiger partial charge in [0, 0.05) is 60.0 Å². The highest BCUT2D eigenvalue weighted by Gasteiger charge is 2.31. The van der Waals surface area contributed by atoms with E-state index in [2.05, 4.69) is 22.1 Å². The molecule has 2 saturated heterocycles. The minimum absolute atomic E-state index is 0.119. The Morgan fingerprint density at radius 3 is 2.40 bits per heavy atom. The van der Waals surface area contributed by atoms with Crippen LogP contribution in [0.1, 0.15) is 40.5 Å². The van der Waals surface area contributed by atoms with E-state index in [9.17, 15) is 9.59 Å². The molecule has 9 heteroatoms. The summed E-state index contributed by atoms with van der Waals surface area (Å²) >= 11 is 0. The Labute approximate surface area is 180 Å². The van der Waals surface area contributed by atoms with Crippen LogP contribution in [0.5, 0.6) is 0 Å². The van der Waals surface area contributed by atoms with Gasteiger partial charge in [0.15, 0.2) is 5.96 Å². The molecule has 0 aliphatic carbocycles. The number of hydrogen-bond acceptors (Lipinski definition) is 5. The summed E-state index contributed by atoms with van der Waals surface area (Å²) in [6.45, 7) is 12.5. The number of carbonyl (C=O) groups excluding carboxylic acids is 2. The van der Waals surface area contributed by atoms with E-state index in [4.69, 9.17) is 9.47 Å². The lowest BCUT2D eigenvalue weighted by Gasteiger charge is -2.37. The molecule has 2 heterocycles. The third-order valence-corrected chi connectivity index (χ3v) is 5.21. The Kier molecular flexibility index (Phi) is 8.76. The highest BCUT2D eigenvalue weighted by molar-refractivity contribution is 5.82. The molecular formula is C21H39N5O4. The third kappa shape index (κ3) is 7.34. The summed E-state index contributed by atoms with van der Waals surface area (Å²) in [5, 5.41) is 3.40. The van der Waals surface area contributed by atoms with Crippen molar-refractivity contribution in [3.63, 3.8) is 0 Å². The zero-order valence-electron chi connectivity index (χ0n) is 19.4. The van der Waals surface area contributed by atoms with Crippen molar-refractivity contribution in [2.45, 2.75) is 52.2 Å². The van der Waals surface area contributed by atoms with Crippen molar-refractivity contribution < 1.29 is 19.1 Å². The Morgan fingerprint density at radius 2 is 1.87 bits per heavy atom. The molecule has 1 N–H and O–H groups in total. The van der Waals surface area contributed by atoms with E-state index in [0.717, 1.165) is 31.9 Å². The maximum Gasteiger partial charge on any atom is 0.410 e. The van der Waals surface area contributed by atoms with Crippen molar-refractivity contribution in [3.05, 3.63) is 0 Å². The maximum atomic E-state index is 12.5. The second-order valence-electron chi connectivity index (χ2n) is 9.21. The lowest BCUT2D eigenvalue weighted by atomic mass is 10.1. The lowest BCUT2D eigenvalue weighted by molar-refractivity contribution is -0.142. The smallest absolute Gasteiger partial charge is 0.410 e. The van der Waals surface area contributed by atoms with Crippen molar-refractivity contribution in [1.82, 2.24) is 20.0 Å². The molecule has 0 spiro atoms. The number of aliphatic imine (C=N–C) groups is 1. The molecule has 172 valence electrons. The fourth-order valence-corrected chi connectivity index (χ4v) is 3.66. The van der Waals surface area contributed by atoms with Gasteiger partial charge in [-0.25, -0.2) is 4.79 Å². The molecular weight excluding hydrogens is 386 g/mol. The van der Waals surface area contributed by atoms with E-state index in [1.807, 2.05) is 25.7 Å². The summed E-state index contributed by atoms with van der Waals surface area (Å²) in [7, 11) is 3.52. The first-order valence-electron chi connectivity index (χ1n) is 10.9. The summed E-state index contributed by atoms with van der Waals surface area (Å²) in [5.74, 6) is 1.17. The number of hydrogen-bond donors (Lipinski definition) is 1. The predicted octanol–water partition coefficient (Wildman–Crippen LogP) is 1.39. The number of ether oxygens (including phenoxy) is 2. The predicted molar refractivity (Wildman–Crippen MR) is 117 cm³/mol. The number of amides is 2. The maximum absolute atomic E-state index is 12.5. The second-order valence-corrected chi connectivity index (χ2v) is 9.21. The highest BCUT2D eigenvalue weighted by Crippen LogP contribution is 2.16. The Hall–Kier alpha value is -2.03. The molecule has 2 aliphatic rings. The third-order valence-electron chi connectivity index (χ3n) is 5.21. The van der Waals surface area contributed by atoms with Gasteiger partial charge in [-0.15, -0.1) is 0 Å². The first-order chi connectivity index (χ1) is 14.1. The van der Waals surface area contributed by atoms with Crippen molar-refractivity contribution in [2.75, 3.05) is 60.0 Å². The van der Waals surface area contributed by atoms with Gasteiger partial charge in [0.25, 0.3) is 5.91 Å². The van der Waals surface area contributed by atoms with Gasteiger partial charge in [-0.1, -0.05) is 6.92 Å². The molecule has 2 unspecified atom stereocenters. The molecule has 0 aromatic heterocycles. The van der Waals surface area contributed by atoms with Crippen molar-refractivity contribution in [2.24, 2.45) is 10.9 Å². The highest BCUT2D eigenvalue weighted by atomic mass is 16.6. The van der Waals surface area contributed by atoms with Crippen LogP contribution in [0.3, 0.4) is 0 Å². The first kappa shape index (κ1) is 24.2. The summed E-state index contributed by atoms with van der Waals surface area (Å²) in [6, 6.07) is 0. The van der Waals surface area contributed by atoms with Crippen molar-refractivity contribution in [3.8, 4) is 0 Å². The van der Waals surface area contributed by atoms with Crippen molar-refractivity contribution in [1.29, 1.82) is 0 Å². The van der Waals surface area contributed by atoms with E-state index < -0.39 is 5.60 Å². The zero-order valence-corrected chi connectivity index (χ0v) is 19.4. The number of piperazine rings is 1. The van der Waals surface area contributed by atoms with E-state index >= 15 is 0 Å². The SMILES string of the molecule is CN=C(NCC(C)CN(C)C(=O)OC(C)(C)C)N1CCN(C(=O)C2CCCO2)CC1. The molecule has 0 saturated carbocycles. The monoisotopic (exact) mass is 425 g/mol. The fourth-order valence-electron chi connectivity index (χ4n) is 3.66. The van der Waals surface area contributed by atoms with E-state index in [0.29, 0.717) is 32.8 Å². The van der Waals surface area contributed by atoms with Gasteiger partial charge < -0.3 is 29.5 Å². The first-order valence-corrected chi connectivity index (χ1v) is 10.9. The van der Waals surface area contributed by atoms with Crippen LogP contribution in [-0.2, 0) is 14.3 Å². The van der Waals surface area contributed by atoms with Crippen LogP contribution < -0.4 is 5.32 Å². The Morgan fingerprint density at radius 1 is 1.23 bits per heavy atom. The molecule has 30 heavy (non-hydrogen) atoms. The van der Waals surface area contributed by atoms with E-state index in [1.165, 1.54) is 0 Å². The van der Waals surface area contributed by atoms with Crippen molar-refractivity contribution >= 4 is 18.0 Å². The Bertz CT molecular complexity index is 605. The Balaban J connectivity index is 1.74. The van der Waals surface area contributed by atoms with Gasteiger partial charge in [-0.05, 0) is 39.5 Å². The molecule has 0 aromatic carbocycles. The number of nitrogens with zero attached hydrogens (tertiary/aromatic N) is 4. The van der Waals surface area contributed by atoms with E-state index in [1.54, 1.807) is 19.0 Å². The number of guanidine groups is 1. The molecule has 9 nitrogen and oxygen atoms in total. The summed E-state index contributed by atoms with van der Waals surface area (Å²) < 4.78 is 10.9. The minimum atomic E-state index is -0.498. The van der Waals surface area contributed by atoms with E-state index in [-0.39, 0.29) is 24.0 Å². The van der Waals surface area contributed by atoms with Gasteiger partial charge >= 0.3 is 6.09 Å². The minimum Gasteiger partial charge on any atom is -0.444 e. The molecule has 0 radical (unpaired) electrons. The average Bonchev–Trinajstić information content (AvgIpc) is 3.21. The summed E-state index contributed by atoms with van der Waals surface area (Å²) in [5.41, 5.74) is -0.498. The topological polar surface area (TPSA) is 86.7 Å². The van der Waals surface area contributed by atoms with Crippen LogP contribution in [0.2, 0.25) is 0 Å². The van der Waals surface area contributed by atoms with Gasteiger partial charge in [-0.3, -0.25) is 9.79 Å². The fraction of sp³-hybridized carbons (Fsp3) is 0.857. The lowest BCUT2D eigenvalue weighted by Crippen LogP contribution is -2.55. The van der Waals surface area contributed by atoms with Crippen LogP contribution >= 0.6 is 0 Å². The van der Waals surface area contributed by atoms with Crippen LogP contribution in [0.25, 0.3) is 0 Å². The van der Waals surface area contributed by atoms with Crippen LogP contribution in [0.15, 0.2) is 4.99 Å². The van der Waals surface area contributed by atoms with Gasteiger partial charge in [0.1, 0.15) is 11.7 Å². The number of carbonyl (C=O) groups is 2. The van der Waals surface area contributed by atoms with Crippen LogP contribution in [-0.4, -0.2) is 104 Å². The molecule has 0 aromatic rings. The average molecular weight is 426 g/mol. The normalized spacial score (nSPS) is 21.4. The number of rotatable bonds is 5. The van der Waals surface area contributed by atoms with Gasteiger partial charge in [0.2, 0.25) is 0 Å². The molecule has 2 amide bonds. The summed E-state index contributed by atoms with van der Waals surface area (Å²) in [4.78, 5) is 34.7. The molecule has 2 rings (SSSR count). The molecule has 2 fully saturated rings. The molecule has 2 aliphatic heterocycles. The van der Waals surface area contributed by atoms with Gasteiger partial charge in [0.05, 0.1) is 0 Å². The van der Waals surface area contributed by atoms with Crippen LogP contribution in [0, 0.1) is 5.92 Å². The largest absolute Gasteiger partial charge is 0.444 e. The summed E-state index contributed by atoms with van der Waals surface area (Å²) in [6.07, 6.45) is 1.23. The molecule has 0 bridgehead atoms. The zero-order chi connectivity index (χ0) is 22.3. The standard InChI is InChI=1S/C21H39N5O4/c1-16(15-24(6)20(28)30-21(2,3)4)14-23-19(22-5)26-11-9-25(10-12-26)18(27)17-8-7-13-29-17/h16-17H,7-15H2,1-6H3,(H,22,23). The molecule has 2 atom stereocenters. The number of nitrogens with one attached hydrogen (secondary N) is 1.